The quantitative estimate of drug-likeness (QED) is 0.0384. The molecule has 4 aliphatic heterocycles. The van der Waals surface area contributed by atoms with Crippen LogP contribution in [0.4, 0.5) is 24.5 Å². The van der Waals surface area contributed by atoms with Gasteiger partial charge in [0.05, 0.1) is 52.0 Å². The van der Waals surface area contributed by atoms with Crippen LogP contribution >= 0.6 is 22.9 Å². The molecule has 0 radical (unpaired) electrons. The zero-order valence-corrected chi connectivity index (χ0v) is 61.8. The molecule has 4 aromatic carbocycles. The second kappa shape index (κ2) is 33.8. The van der Waals surface area contributed by atoms with Gasteiger partial charge in [0.2, 0.25) is 17.7 Å². The summed E-state index contributed by atoms with van der Waals surface area (Å²) in [6.07, 6.45) is 3.91. The minimum atomic E-state index is -5.73. The van der Waals surface area contributed by atoms with Crippen LogP contribution in [0.25, 0.3) is 16.0 Å². The summed E-state index contributed by atoms with van der Waals surface area (Å²) in [5.41, 5.74) is 3.85. The van der Waals surface area contributed by atoms with E-state index in [0.29, 0.717) is 62.7 Å². The van der Waals surface area contributed by atoms with Crippen molar-refractivity contribution in [3.8, 4) is 10.4 Å². The zero-order chi connectivity index (χ0) is 72.4. The van der Waals surface area contributed by atoms with Crippen molar-refractivity contribution in [2.75, 3.05) is 115 Å². The SMILES string of the molecule is CC[C@@H](CCN1CCOCC1)Nc1ccc(CNC(=O)c2ccc(N3CCN(CC4=C(c5ccc(Cl)cc5)CCC(C)(CN5CCN(C(=O)CCCC(=O)C[C@H](C(=O)N6C[C@H](O)C[C@H]6C(=O)N[C@@H](C)c6ccc(-c7scnc7C)cc6)C(C)(C)C)CC5)C4)CC3)cc2)cc1S(=O)(=O)C(F)(F)F. The highest BCUT2D eigenvalue weighted by atomic mass is 35.5. The summed E-state index contributed by atoms with van der Waals surface area (Å²) in [5.74, 6) is -1.99. The van der Waals surface area contributed by atoms with E-state index in [0.717, 1.165) is 118 Å². The number of piperazine rings is 2. The molecule has 25 heteroatoms. The molecule has 6 atom stereocenters. The zero-order valence-electron chi connectivity index (χ0n) is 59.4. The van der Waals surface area contributed by atoms with Crippen molar-refractivity contribution in [2.45, 2.75) is 154 Å². The van der Waals surface area contributed by atoms with Gasteiger partial charge in [-0.2, -0.15) is 13.2 Å². The van der Waals surface area contributed by atoms with Gasteiger partial charge >= 0.3 is 5.51 Å². The van der Waals surface area contributed by atoms with Crippen molar-refractivity contribution in [3.63, 3.8) is 0 Å². The number of allylic oxidation sites excluding steroid dienone is 1. The first-order chi connectivity index (χ1) is 48.0. The van der Waals surface area contributed by atoms with Gasteiger partial charge in [-0.25, -0.2) is 13.4 Å². The number of anilines is 2. The van der Waals surface area contributed by atoms with E-state index in [-0.39, 0.29) is 91.0 Å². The lowest BCUT2D eigenvalue weighted by atomic mass is 9.71. The lowest BCUT2D eigenvalue weighted by Gasteiger charge is -2.44. The van der Waals surface area contributed by atoms with Crippen molar-refractivity contribution < 1.29 is 55.4 Å². The highest BCUT2D eigenvalue weighted by Gasteiger charge is 2.49. The highest BCUT2D eigenvalue weighted by Crippen LogP contribution is 2.45. The van der Waals surface area contributed by atoms with Crippen molar-refractivity contribution >= 4 is 79.1 Å². The first-order valence-corrected chi connectivity index (χ1v) is 38.4. The summed E-state index contributed by atoms with van der Waals surface area (Å²) in [6.45, 7) is 24.6. The molecular formula is C76H100ClF3N10O9S2. The van der Waals surface area contributed by atoms with Crippen LogP contribution in [0.3, 0.4) is 0 Å². The molecule has 1 unspecified atom stereocenters. The molecule has 1 aliphatic carbocycles. The topological polar surface area (TPSA) is 217 Å². The number of aliphatic hydroxyl groups excluding tert-OH is 1. The van der Waals surface area contributed by atoms with Crippen LogP contribution in [-0.4, -0.2) is 201 Å². The molecule has 19 nitrogen and oxygen atoms in total. The number of aryl methyl sites for hydroxylation is 1. The second-order valence-electron chi connectivity index (χ2n) is 29.5. The largest absolute Gasteiger partial charge is 0.501 e. The molecule has 1 aromatic heterocycles. The molecule has 0 spiro atoms. The number of hydrogen-bond acceptors (Lipinski definition) is 16. The summed E-state index contributed by atoms with van der Waals surface area (Å²) in [4.78, 5) is 86.6. The van der Waals surface area contributed by atoms with Crippen LogP contribution in [0.2, 0.25) is 5.02 Å². The Balaban J connectivity index is 0.672. The number of halogens is 4. The number of carbonyl (C=O) groups is 5. The number of likely N-dealkylation sites (tertiary alicyclic amines) is 1. The van der Waals surface area contributed by atoms with Crippen LogP contribution in [-0.2, 0) is 40.3 Å². The average Bonchev–Trinajstić information content (AvgIpc) is 1.70. The van der Waals surface area contributed by atoms with Gasteiger partial charge in [-0.15, -0.1) is 11.3 Å². The summed E-state index contributed by atoms with van der Waals surface area (Å²) in [7, 11) is -5.73. The van der Waals surface area contributed by atoms with Gasteiger partial charge in [-0.3, -0.25) is 38.7 Å². The number of sulfone groups is 1. The summed E-state index contributed by atoms with van der Waals surface area (Å²) in [5, 5.41) is 20.4. The number of aromatic nitrogens is 1. The predicted molar refractivity (Wildman–Crippen MR) is 390 cm³/mol. The van der Waals surface area contributed by atoms with Crippen LogP contribution < -0.4 is 20.9 Å². The van der Waals surface area contributed by atoms with E-state index < -0.39 is 49.6 Å². The van der Waals surface area contributed by atoms with E-state index in [1.165, 1.54) is 33.7 Å². The maximum Gasteiger partial charge on any atom is 0.501 e. The minimum absolute atomic E-state index is 0.000467. The summed E-state index contributed by atoms with van der Waals surface area (Å²) in [6, 6.07) is 25.6. The number of amides is 4. The maximum absolute atomic E-state index is 14.4. The fourth-order valence-corrected chi connectivity index (χ4v) is 16.7. The number of β-amino-alcohol motifs (C(OH)–C–C–N with tert-alkyl or cyclic N) is 1. The van der Waals surface area contributed by atoms with Gasteiger partial charge in [-0.1, -0.05) is 94.3 Å². The number of morpholine rings is 1. The fraction of sp³-hybridized carbons (Fsp3) is 0.553. The number of Topliss-reactive ketones (excluding diaryl/α,β-unsaturated/α-hetero) is 1. The molecule has 0 saturated carbocycles. The van der Waals surface area contributed by atoms with Crippen molar-refractivity contribution in [2.24, 2.45) is 16.7 Å². The average molecular weight is 1450 g/mol. The molecule has 5 aromatic rings. The number of thiazole rings is 1. The Hall–Kier alpha value is -6.77. The third-order valence-corrected chi connectivity index (χ3v) is 23.7. The van der Waals surface area contributed by atoms with Gasteiger partial charge < -0.3 is 40.5 Å². The Kier molecular flexibility index (Phi) is 25.7. The van der Waals surface area contributed by atoms with E-state index in [1.807, 2.05) is 100 Å². The third kappa shape index (κ3) is 19.9. The Labute approximate surface area is 602 Å². The van der Waals surface area contributed by atoms with Gasteiger partial charge in [0.1, 0.15) is 11.8 Å². The predicted octanol–water partition coefficient (Wildman–Crippen LogP) is 11.4. The van der Waals surface area contributed by atoms with Crippen molar-refractivity contribution in [3.05, 3.63) is 135 Å². The third-order valence-electron chi connectivity index (χ3n) is 21.0. The summed E-state index contributed by atoms with van der Waals surface area (Å²) >= 11 is 7.97. The normalized spacial score (nSPS) is 20.9. The Bertz CT molecular complexity index is 3830. The number of aliphatic hydroxyl groups is 1. The molecule has 10 rings (SSSR count). The highest BCUT2D eigenvalue weighted by molar-refractivity contribution is 7.92. The van der Waals surface area contributed by atoms with Gasteiger partial charge in [0, 0.05) is 152 Å². The number of benzene rings is 4. The summed E-state index contributed by atoms with van der Waals surface area (Å²) < 4.78 is 73.5. The van der Waals surface area contributed by atoms with E-state index in [9.17, 15) is 50.7 Å². The molecular weight excluding hydrogens is 1350 g/mol. The number of ether oxygens (including phenoxy) is 1. The first-order valence-electron chi connectivity index (χ1n) is 35.7. The lowest BCUT2D eigenvalue weighted by molar-refractivity contribution is -0.146. The number of alkyl halides is 3. The standard InChI is InChI=1S/C76H100ClF3N10O9S2/c1-8-60(27-29-85-38-40-99-41-39-85)84-66-25-12-53(42-68(66)101(97,98)76(78,79)80)46-81-71(94)57-19-23-61(24-20-57)88-34-30-86(31-35-88)47-58-45-75(7,28-26-64(58)55-17-21-59(77)22-18-55)49-87-32-36-89(37-33-87)69(93)11-9-10-62(91)43-65(74(4,5)6)73(96)90-48-63(92)44-67(90)72(95)83-51(2)54-13-15-56(16-14-54)70-52(3)82-50-100-70/h12-25,42,50-51,60,63,65,67,84,92H,8-11,26-41,43-49H2,1-7H3,(H,81,94)(H,83,95)/t51-,60-,63+,65+,67-,75?/m0/s1. The number of hydrogen-bond donors (Lipinski definition) is 4. The molecule has 4 saturated heterocycles. The molecule has 548 valence electrons. The number of ketones is 1. The maximum atomic E-state index is 14.4. The molecule has 4 amide bonds. The van der Waals surface area contributed by atoms with Crippen molar-refractivity contribution in [1.29, 1.82) is 0 Å². The second-order valence-corrected chi connectivity index (χ2v) is 32.7. The lowest BCUT2D eigenvalue weighted by Crippen LogP contribution is -2.51. The van der Waals surface area contributed by atoms with E-state index in [4.69, 9.17) is 16.3 Å². The van der Waals surface area contributed by atoms with Crippen LogP contribution in [0, 0.1) is 23.7 Å². The Morgan fingerprint density at radius 3 is 2.16 bits per heavy atom. The van der Waals surface area contributed by atoms with Crippen LogP contribution in [0.15, 0.2) is 107 Å². The van der Waals surface area contributed by atoms with Gasteiger partial charge in [-0.05, 0) is 140 Å². The first kappa shape index (κ1) is 76.9. The minimum Gasteiger partial charge on any atom is -0.391 e. The van der Waals surface area contributed by atoms with E-state index in [2.05, 4.69) is 59.6 Å². The Morgan fingerprint density at radius 2 is 1.51 bits per heavy atom. The molecule has 0 bridgehead atoms. The molecule has 5 heterocycles. The monoisotopic (exact) mass is 1450 g/mol. The molecule has 101 heavy (non-hydrogen) atoms. The number of nitrogens with zero attached hydrogens (tertiary/aromatic N) is 7. The molecule has 5 aliphatic rings. The number of nitrogens with one attached hydrogen (secondary N) is 3. The van der Waals surface area contributed by atoms with E-state index >= 15 is 0 Å². The smallest absolute Gasteiger partial charge is 0.391 e. The molecule has 4 N–H and O–H groups in total. The Morgan fingerprint density at radius 1 is 0.842 bits per heavy atom. The van der Waals surface area contributed by atoms with Gasteiger partial charge in [0.15, 0.2) is 0 Å². The number of carbonyl (C=O) groups excluding carboxylic acids is 5. The van der Waals surface area contributed by atoms with E-state index in [1.54, 1.807) is 23.5 Å². The molecule has 4 fully saturated rings. The van der Waals surface area contributed by atoms with Crippen LogP contribution in [0.1, 0.15) is 145 Å². The van der Waals surface area contributed by atoms with Gasteiger partial charge in [0.25, 0.3) is 15.7 Å². The fourth-order valence-electron chi connectivity index (χ4n) is 14.8. The van der Waals surface area contributed by atoms with Crippen molar-refractivity contribution in [1.82, 2.24) is 40.1 Å². The number of rotatable bonds is 27. The van der Waals surface area contributed by atoms with Crippen LogP contribution in [0.5, 0.6) is 0 Å².